The number of hydrogen-bond acceptors (Lipinski definition) is 0. The van der Waals surface area contributed by atoms with Crippen molar-refractivity contribution in [1.29, 1.82) is 0 Å². The summed E-state index contributed by atoms with van der Waals surface area (Å²) < 4.78 is 0. The summed E-state index contributed by atoms with van der Waals surface area (Å²) in [5, 5.41) is 0. The predicted molar refractivity (Wildman–Crippen MR) is 52.4 cm³/mol. The van der Waals surface area contributed by atoms with Gasteiger partial charge in [0.05, 0.1) is 0 Å². The molecular formula is H5ClI2KLi. The van der Waals surface area contributed by atoms with Gasteiger partial charge in [-0.25, -0.2) is 0 Å². The number of hydrogen-bond donors (Lipinski definition) is 0. The van der Waals surface area contributed by atoms with Gasteiger partial charge in [-0.15, -0.1) is 60.4 Å². The Kier molecular flexibility index (Phi) is 177. The van der Waals surface area contributed by atoms with Gasteiger partial charge in [0.25, 0.3) is 0 Å². The van der Waals surface area contributed by atoms with Crippen molar-refractivity contribution in [2.75, 3.05) is 0 Å². The van der Waals surface area contributed by atoms with Crippen LogP contribution in [0.1, 0.15) is 0 Å². The van der Waals surface area contributed by atoms with E-state index in [1.165, 1.54) is 0 Å². The fraction of sp³-hybridized carbons (Fsp3) is 0. The molecule has 0 amide bonds. The first-order chi connectivity index (χ1) is 0. The van der Waals surface area contributed by atoms with Gasteiger partial charge in [0.1, 0.15) is 0 Å². The van der Waals surface area contributed by atoms with Crippen LogP contribution in [0, 0.1) is 0 Å². The number of rotatable bonds is 0. The summed E-state index contributed by atoms with van der Waals surface area (Å²) in [4.78, 5) is 0. The Bertz CT molecular complexity index is 9.61. The average Bonchev–Trinajstić information content (AvgIpc) is 0. The van der Waals surface area contributed by atoms with E-state index in [1.54, 1.807) is 0 Å². The van der Waals surface area contributed by atoms with E-state index in [9.17, 15) is 0 Å². The fourth-order valence-electron chi connectivity index (χ4n) is 0. The molecule has 0 bridgehead atoms. The van der Waals surface area contributed by atoms with E-state index in [-0.39, 0.29) is 131 Å². The monoisotopic (exact) mass is 340 g/mol. The molecule has 5 heteroatoms. The first kappa shape index (κ1) is 36.1. The van der Waals surface area contributed by atoms with Gasteiger partial charge in [0.2, 0.25) is 0 Å². The Balaban J connectivity index is 0. The quantitative estimate of drug-likeness (QED) is 0.441. The second-order valence-corrected chi connectivity index (χ2v) is 0. The van der Waals surface area contributed by atoms with E-state index >= 15 is 0 Å². The molecule has 28 valence electrons. The molecule has 0 heterocycles. The van der Waals surface area contributed by atoms with Crippen LogP contribution >= 0.6 is 60.4 Å². The van der Waals surface area contributed by atoms with Crippen LogP contribution in [-0.4, -0.2) is 70.2 Å². The van der Waals surface area contributed by atoms with Crippen LogP contribution < -0.4 is 0 Å². The summed E-state index contributed by atoms with van der Waals surface area (Å²) in [6.07, 6.45) is 0. The normalized spacial score (nSPS) is 0. The zero-order valence-corrected chi connectivity index (χ0v) is 6.70. The van der Waals surface area contributed by atoms with Crippen molar-refractivity contribution < 1.29 is 0 Å². The molecule has 0 aromatic heterocycles. The molecule has 0 aliphatic heterocycles. The van der Waals surface area contributed by atoms with E-state index in [0.29, 0.717) is 0 Å². The van der Waals surface area contributed by atoms with Gasteiger partial charge in [-0.05, 0) is 0 Å². The van der Waals surface area contributed by atoms with E-state index in [1.807, 2.05) is 0 Å². The summed E-state index contributed by atoms with van der Waals surface area (Å²) in [6, 6.07) is 0. The van der Waals surface area contributed by atoms with Crippen molar-refractivity contribution in [3.63, 3.8) is 0 Å². The van der Waals surface area contributed by atoms with E-state index in [2.05, 4.69) is 0 Å². The van der Waals surface area contributed by atoms with Gasteiger partial charge in [0, 0.05) is 0 Å². The molecule has 0 nitrogen and oxygen atoms in total. The molecule has 0 atom stereocenters. The predicted octanol–water partition coefficient (Wildman–Crippen LogP) is 0.361. The third-order valence-electron chi connectivity index (χ3n) is 0. The Hall–Kier alpha value is 3.98. The van der Waals surface area contributed by atoms with Crippen LogP contribution in [0.3, 0.4) is 0 Å². The third kappa shape index (κ3) is 18.0. The van der Waals surface area contributed by atoms with E-state index in [0.717, 1.165) is 0 Å². The maximum atomic E-state index is 0. The summed E-state index contributed by atoms with van der Waals surface area (Å²) in [6.45, 7) is 0. The van der Waals surface area contributed by atoms with Gasteiger partial charge in [-0.3, -0.25) is 0 Å². The number of halogens is 3. The van der Waals surface area contributed by atoms with Gasteiger partial charge < -0.3 is 0 Å². The molecule has 0 aliphatic rings. The summed E-state index contributed by atoms with van der Waals surface area (Å²) in [5.41, 5.74) is 0. The molecule has 0 saturated heterocycles. The maximum absolute atomic E-state index is 0. The van der Waals surface area contributed by atoms with Crippen LogP contribution in [-0.2, 0) is 0 Å². The minimum absolute atomic E-state index is 0. The first-order valence-electron chi connectivity index (χ1n) is 0. The van der Waals surface area contributed by atoms with Crippen LogP contribution in [0.15, 0.2) is 0 Å². The van der Waals surface area contributed by atoms with Crippen molar-refractivity contribution in [2.45, 2.75) is 0 Å². The second kappa shape index (κ2) is 24.5. The Morgan fingerprint density at radius 1 is 0.800 bits per heavy atom. The molecule has 0 radical (unpaired) electrons. The van der Waals surface area contributed by atoms with E-state index < -0.39 is 0 Å². The molecule has 0 aliphatic carbocycles. The molecule has 0 N–H and O–H groups in total. The van der Waals surface area contributed by atoms with Crippen molar-refractivity contribution in [3.8, 4) is 0 Å². The summed E-state index contributed by atoms with van der Waals surface area (Å²) >= 11 is 0. The van der Waals surface area contributed by atoms with Crippen molar-refractivity contribution >= 4 is 131 Å². The molecule has 0 saturated carbocycles. The van der Waals surface area contributed by atoms with Gasteiger partial charge >= 0.3 is 70.2 Å². The van der Waals surface area contributed by atoms with Gasteiger partial charge in [-0.1, -0.05) is 0 Å². The Morgan fingerprint density at radius 3 is 0.800 bits per heavy atom. The second-order valence-electron chi connectivity index (χ2n) is 0. The summed E-state index contributed by atoms with van der Waals surface area (Å²) in [5.74, 6) is 0. The fourth-order valence-corrected chi connectivity index (χ4v) is 0. The van der Waals surface area contributed by atoms with Crippen LogP contribution in [0.4, 0.5) is 0 Å². The van der Waals surface area contributed by atoms with Gasteiger partial charge in [-0.2, -0.15) is 0 Å². The van der Waals surface area contributed by atoms with Crippen LogP contribution in [0.5, 0.6) is 0 Å². The molecule has 0 unspecified atom stereocenters. The van der Waals surface area contributed by atoms with Gasteiger partial charge in [0.15, 0.2) is 0 Å². The molecule has 0 rings (SSSR count). The zero-order valence-electron chi connectivity index (χ0n) is 1.22. The standard InChI is InChI=1S/ClH.2HI.K.Li.2H/h3*1H;;;;. The van der Waals surface area contributed by atoms with E-state index in [4.69, 9.17) is 0 Å². The Labute approximate surface area is 127 Å². The zero-order chi connectivity index (χ0) is 0. The Morgan fingerprint density at radius 2 is 0.800 bits per heavy atom. The topological polar surface area (TPSA) is 0 Å². The molecule has 0 aromatic rings. The average molecular weight is 340 g/mol. The molecule has 0 fully saturated rings. The van der Waals surface area contributed by atoms with Crippen molar-refractivity contribution in [1.82, 2.24) is 0 Å². The molecule has 5 heavy (non-hydrogen) atoms. The summed E-state index contributed by atoms with van der Waals surface area (Å²) in [7, 11) is 0. The molecule has 0 aromatic carbocycles. The van der Waals surface area contributed by atoms with Crippen molar-refractivity contribution in [2.24, 2.45) is 0 Å². The van der Waals surface area contributed by atoms with Crippen molar-refractivity contribution in [3.05, 3.63) is 0 Å². The molecular weight excluding hydrogens is 335 g/mol. The van der Waals surface area contributed by atoms with Crippen LogP contribution in [0.25, 0.3) is 0 Å². The third-order valence-corrected chi connectivity index (χ3v) is 0. The van der Waals surface area contributed by atoms with Crippen LogP contribution in [0.2, 0.25) is 0 Å². The molecule has 0 spiro atoms. The first-order valence-corrected chi connectivity index (χ1v) is 0. The SMILES string of the molecule is Cl.I.I.[KH].[LiH]. The minimum atomic E-state index is 0.